The van der Waals surface area contributed by atoms with Gasteiger partial charge in [-0.05, 0) is 56.9 Å². The zero-order chi connectivity index (χ0) is 15.1. The van der Waals surface area contributed by atoms with Crippen LogP contribution in [-0.4, -0.2) is 17.5 Å². The molecular weight excluding hydrogens is 274 g/mol. The highest BCUT2D eigenvalue weighted by atomic mass is 35.5. The van der Waals surface area contributed by atoms with Crippen molar-refractivity contribution in [2.75, 3.05) is 4.90 Å². The van der Waals surface area contributed by atoms with Gasteiger partial charge in [0.25, 0.3) is 5.91 Å². The average Bonchev–Trinajstić information content (AvgIpc) is 2.37. The number of amides is 1. The summed E-state index contributed by atoms with van der Waals surface area (Å²) in [5.74, 6) is 5.51. The van der Waals surface area contributed by atoms with Crippen LogP contribution in [0.3, 0.4) is 0 Å². The number of benzene rings is 1. The molecule has 0 unspecified atom stereocenters. The topological polar surface area (TPSA) is 58.4 Å². The molecule has 0 saturated carbocycles. The monoisotopic (exact) mass is 295 g/mol. The van der Waals surface area contributed by atoms with Crippen LogP contribution in [0.15, 0.2) is 18.2 Å². The zero-order valence-electron chi connectivity index (χ0n) is 12.4. The minimum atomic E-state index is -0.331. The number of rotatable bonds is 2. The van der Waals surface area contributed by atoms with E-state index in [-0.39, 0.29) is 17.5 Å². The lowest BCUT2D eigenvalue weighted by Crippen LogP contribution is -2.58. The van der Waals surface area contributed by atoms with Crippen LogP contribution in [0.25, 0.3) is 0 Å². The van der Waals surface area contributed by atoms with Gasteiger partial charge in [0.1, 0.15) is 6.04 Å². The highest BCUT2D eigenvalue weighted by Gasteiger charge is 2.40. The number of carbonyl (C=O) groups excluding carboxylic acids is 1. The Balaban J connectivity index is 2.54. The summed E-state index contributed by atoms with van der Waals surface area (Å²) in [6, 6.07) is 5.53. The second-order valence-corrected chi connectivity index (χ2v) is 6.61. The van der Waals surface area contributed by atoms with Crippen LogP contribution in [-0.2, 0) is 4.79 Å². The molecule has 0 bridgehead atoms. The summed E-state index contributed by atoms with van der Waals surface area (Å²) in [5.41, 5.74) is 4.38. The van der Waals surface area contributed by atoms with Gasteiger partial charge in [-0.2, -0.15) is 0 Å². The molecule has 2 atom stereocenters. The molecule has 4 nitrogen and oxygen atoms in total. The van der Waals surface area contributed by atoms with Gasteiger partial charge >= 0.3 is 0 Å². The number of hydrogen-bond donors (Lipinski definition) is 2. The zero-order valence-corrected chi connectivity index (χ0v) is 13.2. The van der Waals surface area contributed by atoms with E-state index in [4.69, 9.17) is 17.4 Å². The molecule has 0 fully saturated rings. The minimum absolute atomic E-state index is 0.119. The SMILES string of the molecule is C[C@@H]1CC(C)(C)N([C@@H](C)C(=O)NN)c2ccc(Cl)cc21. The van der Waals surface area contributed by atoms with E-state index in [2.05, 4.69) is 31.1 Å². The fraction of sp³-hybridized carbons (Fsp3) is 0.533. The lowest BCUT2D eigenvalue weighted by molar-refractivity contribution is -0.122. The van der Waals surface area contributed by atoms with Crippen molar-refractivity contribution in [1.29, 1.82) is 0 Å². The first-order valence-corrected chi connectivity index (χ1v) is 7.25. The maximum atomic E-state index is 12.0. The molecule has 3 N–H and O–H groups in total. The second kappa shape index (κ2) is 5.26. The number of anilines is 1. The summed E-state index contributed by atoms with van der Waals surface area (Å²) in [6.07, 6.45) is 0.961. The Morgan fingerprint density at radius 3 is 2.80 bits per heavy atom. The first kappa shape index (κ1) is 15.1. The smallest absolute Gasteiger partial charge is 0.256 e. The first-order valence-electron chi connectivity index (χ1n) is 6.87. The number of carbonyl (C=O) groups is 1. The summed E-state index contributed by atoms with van der Waals surface area (Å²) < 4.78 is 0. The van der Waals surface area contributed by atoms with Crippen molar-refractivity contribution in [2.24, 2.45) is 5.84 Å². The van der Waals surface area contributed by atoms with E-state index in [1.165, 1.54) is 5.56 Å². The maximum absolute atomic E-state index is 12.0. The highest BCUT2D eigenvalue weighted by molar-refractivity contribution is 6.30. The second-order valence-electron chi connectivity index (χ2n) is 6.18. The van der Waals surface area contributed by atoms with E-state index < -0.39 is 0 Å². The van der Waals surface area contributed by atoms with Crippen LogP contribution < -0.4 is 16.2 Å². The van der Waals surface area contributed by atoms with E-state index in [9.17, 15) is 4.79 Å². The van der Waals surface area contributed by atoms with E-state index >= 15 is 0 Å². The summed E-state index contributed by atoms with van der Waals surface area (Å²) in [5, 5.41) is 0.728. The highest BCUT2D eigenvalue weighted by Crippen LogP contribution is 2.45. The summed E-state index contributed by atoms with van der Waals surface area (Å²) >= 11 is 6.11. The third-order valence-corrected chi connectivity index (χ3v) is 4.38. The van der Waals surface area contributed by atoms with Crippen LogP contribution in [0, 0.1) is 0 Å². The molecule has 0 aliphatic carbocycles. The molecule has 1 heterocycles. The first-order chi connectivity index (χ1) is 9.27. The van der Waals surface area contributed by atoms with Crippen molar-refractivity contribution in [3.05, 3.63) is 28.8 Å². The lowest BCUT2D eigenvalue weighted by atomic mass is 9.79. The number of hydrazine groups is 1. The third-order valence-electron chi connectivity index (χ3n) is 4.15. The average molecular weight is 296 g/mol. The van der Waals surface area contributed by atoms with E-state index in [0.29, 0.717) is 5.92 Å². The third kappa shape index (κ3) is 2.50. The Kier molecular flexibility index (Phi) is 3.98. The fourth-order valence-corrected chi connectivity index (χ4v) is 3.57. The molecule has 110 valence electrons. The quantitative estimate of drug-likeness (QED) is 0.501. The standard InChI is InChI=1S/C15H22ClN3O/c1-9-8-15(3,4)19(10(2)14(20)18-17)13-6-5-11(16)7-12(9)13/h5-7,9-10H,8,17H2,1-4H3,(H,18,20)/t9-,10+/m1/s1. The molecule has 20 heavy (non-hydrogen) atoms. The van der Waals surface area contributed by atoms with Crippen LogP contribution in [0.5, 0.6) is 0 Å². The van der Waals surface area contributed by atoms with Gasteiger partial charge in [0.15, 0.2) is 0 Å². The van der Waals surface area contributed by atoms with Gasteiger partial charge in [0.2, 0.25) is 0 Å². The number of nitrogens with one attached hydrogen (secondary N) is 1. The number of nitrogens with zero attached hydrogens (tertiary/aromatic N) is 1. The molecule has 1 aliphatic heterocycles. The molecule has 0 saturated heterocycles. The largest absolute Gasteiger partial charge is 0.354 e. The predicted molar refractivity (Wildman–Crippen MR) is 82.8 cm³/mol. The Labute approximate surface area is 125 Å². The number of nitrogens with two attached hydrogens (primary N) is 1. The van der Waals surface area contributed by atoms with Crippen LogP contribution in [0.4, 0.5) is 5.69 Å². The predicted octanol–water partition coefficient (Wildman–Crippen LogP) is 2.81. The Bertz CT molecular complexity index is 530. The van der Waals surface area contributed by atoms with Gasteiger partial charge in [-0.15, -0.1) is 0 Å². The van der Waals surface area contributed by atoms with Gasteiger partial charge in [0.05, 0.1) is 0 Å². The molecule has 1 aliphatic rings. The number of hydrogen-bond acceptors (Lipinski definition) is 3. The van der Waals surface area contributed by atoms with Crippen molar-refractivity contribution in [3.63, 3.8) is 0 Å². The Morgan fingerprint density at radius 1 is 1.55 bits per heavy atom. The van der Waals surface area contributed by atoms with Crippen molar-refractivity contribution in [2.45, 2.75) is 51.6 Å². The van der Waals surface area contributed by atoms with Crippen LogP contribution in [0.1, 0.15) is 45.6 Å². The fourth-order valence-electron chi connectivity index (χ4n) is 3.39. The number of fused-ring (bicyclic) bond motifs is 1. The molecule has 1 aromatic carbocycles. The summed E-state index contributed by atoms with van der Waals surface area (Å²) in [4.78, 5) is 14.1. The van der Waals surface area contributed by atoms with Gasteiger partial charge < -0.3 is 4.90 Å². The summed E-state index contributed by atoms with van der Waals surface area (Å²) in [6.45, 7) is 8.38. The maximum Gasteiger partial charge on any atom is 0.256 e. The van der Waals surface area contributed by atoms with Crippen molar-refractivity contribution >= 4 is 23.2 Å². The lowest BCUT2D eigenvalue weighted by Gasteiger charge is -2.49. The minimum Gasteiger partial charge on any atom is -0.354 e. The molecular formula is C15H22ClN3O. The normalized spacial score (nSPS) is 22.1. The van der Waals surface area contributed by atoms with E-state index in [0.717, 1.165) is 17.1 Å². The van der Waals surface area contributed by atoms with Gasteiger partial charge in [-0.25, -0.2) is 5.84 Å². The van der Waals surface area contributed by atoms with E-state index in [1.807, 2.05) is 25.1 Å². The Hall–Kier alpha value is -1.26. The molecule has 5 heteroatoms. The van der Waals surface area contributed by atoms with Gasteiger partial charge in [-0.1, -0.05) is 18.5 Å². The van der Waals surface area contributed by atoms with Gasteiger partial charge in [-0.3, -0.25) is 10.2 Å². The molecule has 0 radical (unpaired) electrons. The number of halogens is 1. The van der Waals surface area contributed by atoms with Crippen molar-refractivity contribution in [3.8, 4) is 0 Å². The molecule has 1 aromatic rings. The van der Waals surface area contributed by atoms with Crippen molar-refractivity contribution < 1.29 is 4.79 Å². The molecule has 1 amide bonds. The van der Waals surface area contributed by atoms with Gasteiger partial charge in [0, 0.05) is 16.2 Å². The van der Waals surface area contributed by atoms with Crippen LogP contribution >= 0.6 is 11.6 Å². The van der Waals surface area contributed by atoms with Crippen LogP contribution in [0.2, 0.25) is 5.02 Å². The Morgan fingerprint density at radius 2 is 2.20 bits per heavy atom. The molecule has 0 spiro atoms. The summed E-state index contributed by atoms with van der Waals surface area (Å²) in [7, 11) is 0. The van der Waals surface area contributed by atoms with E-state index in [1.54, 1.807) is 0 Å². The van der Waals surface area contributed by atoms with Crippen molar-refractivity contribution in [1.82, 2.24) is 5.43 Å². The molecule has 0 aromatic heterocycles. The molecule has 2 rings (SSSR count).